The Balaban J connectivity index is 2.06. The fourth-order valence-corrected chi connectivity index (χ4v) is 3.46. The summed E-state index contributed by atoms with van der Waals surface area (Å²) in [5.41, 5.74) is 4.72. The van der Waals surface area contributed by atoms with Gasteiger partial charge in [0.15, 0.2) is 6.10 Å². The Hall–Kier alpha value is -1.18. The highest BCUT2D eigenvalue weighted by molar-refractivity contribution is 5.90. The van der Waals surface area contributed by atoms with Crippen LogP contribution < -0.4 is 11.1 Å². The van der Waals surface area contributed by atoms with Crippen LogP contribution in [0.25, 0.3) is 0 Å². The summed E-state index contributed by atoms with van der Waals surface area (Å²) in [5, 5.41) is 20.3. The normalized spacial score (nSPS) is 36.4. The zero-order chi connectivity index (χ0) is 15.1. The zero-order valence-electron chi connectivity index (χ0n) is 11.8. The molecule has 114 valence electrons. The van der Waals surface area contributed by atoms with Crippen LogP contribution in [0.2, 0.25) is 0 Å². The predicted molar refractivity (Wildman–Crippen MR) is 69.8 cm³/mol. The minimum absolute atomic E-state index is 0.0450. The van der Waals surface area contributed by atoms with Crippen LogP contribution in [0, 0.1) is 11.3 Å². The minimum atomic E-state index is -1.62. The van der Waals surface area contributed by atoms with E-state index in [1.165, 1.54) is 0 Å². The molecule has 0 bridgehead atoms. The fraction of sp³-hybridized carbons (Fsp3) is 0.846. The van der Waals surface area contributed by atoms with Crippen molar-refractivity contribution in [1.29, 1.82) is 0 Å². The van der Waals surface area contributed by atoms with Gasteiger partial charge in [0.2, 0.25) is 5.91 Å². The van der Waals surface area contributed by atoms with Gasteiger partial charge in [0.1, 0.15) is 5.54 Å². The maximum atomic E-state index is 12.3. The molecule has 2 fully saturated rings. The molecule has 3 unspecified atom stereocenters. The van der Waals surface area contributed by atoms with Crippen LogP contribution in [0.1, 0.15) is 26.7 Å². The van der Waals surface area contributed by atoms with Crippen molar-refractivity contribution in [2.75, 3.05) is 13.2 Å². The maximum absolute atomic E-state index is 12.3. The van der Waals surface area contributed by atoms with Gasteiger partial charge >= 0.3 is 5.97 Å². The predicted octanol–water partition coefficient (Wildman–Crippen LogP) is -0.919. The van der Waals surface area contributed by atoms with Crippen molar-refractivity contribution < 1.29 is 24.5 Å². The second-order valence-electron chi connectivity index (χ2n) is 6.19. The first-order chi connectivity index (χ1) is 9.23. The topological polar surface area (TPSA) is 122 Å². The number of fused-ring (bicyclic) bond motifs is 1. The highest BCUT2D eigenvalue weighted by Gasteiger charge is 2.70. The van der Waals surface area contributed by atoms with Gasteiger partial charge in [-0.15, -0.1) is 0 Å². The average Bonchev–Trinajstić information content (AvgIpc) is 2.43. The van der Waals surface area contributed by atoms with E-state index in [1.807, 2.05) is 13.8 Å². The third-order valence-corrected chi connectivity index (χ3v) is 4.80. The molecular formula is C13H22N2O5. The molecule has 1 aliphatic heterocycles. The standard InChI is InChI=1S/C13H22N2O5/c1-12(2)9-7(4-3-5-20-9)13(12,14)11(19)15-6-8(16)10(17)18/h7-9,16H,3-6,14H2,1-2H3,(H,15,19)(H,17,18)/t7?,8-,9?,13?/m0/s1. The molecule has 1 amide bonds. The van der Waals surface area contributed by atoms with Crippen molar-refractivity contribution in [2.24, 2.45) is 17.1 Å². The zero-order valence-corrected chi connectivity index (χ0v) is 11.8. The number of carboxylic acid groups (broad SMARTS) is 1. The third-order valence-electron chi connectivity index (χ3n) is 4.80. The number of hydrogen-bond donors (Lipinski definition) is 4. The van der Waals surface area contributed by atoms with Gasteiger partial charge in [0, 0.05) is 17.9 Å². The molecule has 1 heterocycles. The lowest BCUT2D eigenvalue weighted by Crippen LogP contribution is -2.82. The molecule has 1 saturated heterocycles. The Morgan fingerprint density at radius 1 is 1.50 bits per heavy atom. The Kier molecular flexibility index (Phi) is 3.79. The minimum Gasteiger partial charge on any atom is -0.479 e. The maximum Gasteiger partial charge on any atom is 0.334 e. The van der Waals surface area contributed by atoms with Crippen molar-refractivity contribution in [1.82, 2.24) is 5.32 Å². The molecule has 7 nitrogen and oxygen atoms in total. The van der Waals surface area contributed by atoms with Crippen LogP contribution in [0.3, 0.4) is 0 Å². The molecular weight excluding hydrogens is 264 g/mol. The van der Waals surface area contributed by atoms with Crippen molar-refractivity contribution in [3.05, 3.63) is 0 Å². The number of aliphatic carboxylic acids is 1. The van der Waals surface area contributed by atoms with Crippen LogP contribution in [0.4, 0.5) is 0 Å². The van der Waals surface area contributed by atoms with E-state index in [0.717, 1.165) is 12.8 Å². The van der Waals surface area contributed by atoms with E-state index >= 15 is 0 Å². The Morgan fingerprint density at radius 3 is 2.75 bits per heavy atom. The summed E-state index contributed by atoms with van der Waals surface area (Å²) >= 11 is 0. The third kappa shape index (κ3) is 2.01. The first kappa shape index (κ1) is 15.2. The Labute approximate surface area is 117 Å². The molecule has 20 heavy (non-hydrogen) atoms. The molecule has 0 aromatic carbocycles. The number of aliphatic hydroxyl groups excluding tert-OH is 1. The van der Waals surface area contributed by atoms with Crippen molar-refractivity contribution in [3.8, 4) is 0 Å². The van der Waals surface area contributed by atoms with Crippen LogP contribution in [0.5, 0.6) is 0 Å². The van der Waals surface area contributed by atoms with Gasteiger partial charge in [-0.3, -0.25) is 4.79 Å². The second-order valence-corrected chi connectivity index (χ2v) is 6.19. The van der Waals surface area contributed by atoms with Gasteiger partial charge in [-0.05, 0) is 12.8 Å². The average molecular weight is 286 g/mol. The number of amides is 1. The Morgan fingerprint density at radius 2 is 2.15 bits per heavy atom. The molecule has 0 spiro atoms. The molecule has 5 N–H and O–H groups in total. The van der Waals surface area contributed by atoms with Crippen LogP contribution >= 0.6 is 0 Å². The van der Waals surface area contributed by atoms with Gasteiger partial charge in [-0.25, -0.2) is 4.79 Å². The molecule has 1 saturated carbocycles. The summed E-state index contributed by atoms with van der Waals surface area (Å²) < 4.78 is 5.70. The molecule has 0 aromatic rings. The first-order valence-corrected chi connectivity index (χ1v) is 6.82. The number of rotatable bonds is 4. The van der Waals surface area contributed by atoms with E-state index in [0.29, 0.717) is 6.61 Å². The van der Waals surface area contributed by atoms with Crippen molar-refractivity contribution in [3.63, 3.8) is 0 Å². The van der Waals surface area contributed by atoms with Crippen molar-refractivity contribution >= 4 is 11.9 Å². The molecule has 7 heteroatoms. The highest BCUT2D eigenvalue weighted by Crippen LogP contribution is 2.57. The summed E-state index contributed by atoms with van der Waals surface area (Å²) in [6, 6.07) is 0. The molecule has 0 radical (unpaired) electrons. The van der Waals surface area contributed by atoms with Gasteiger partial charge < -0.3 is 26.0 Å². The quantitative estimate of drug-likeness (QED) is 0.530. The van der Waals surface area contributed by atoms with Gasteiger partial charge in [0.05, 0.1) is 12.6 Å². The lowest BCUT2D eigenvalue weighted by molar-refractivity contribution is -0.225. The Bertz CT molecular complexity index is 425. The van der Waals surface area contributed by atoms with Crippen LogP contribution in [-0.2, 0) is 14.3 Å². The van der Waals surface area contributed by atoms with E-state index in [9.17, 15) is 14.7 Å². The van der Waals surface area contributed by atoms with E-state index in [2.05, 4.69) is 5.32 Å². The van der Waals surface area contributed by atoms with E-state index in [1.54, 1.807) is 0 Å². The molecule has 4 atom stereocenters. The van der Waals surface area contributed by atoms with Gasteiger partial charge in [-0.1, -0.05) is 13.8 Å². The molecule has 0 aromatic heterocycles. The number of carboxylic acids is 1. The van der Waals surface area contributed by atoms with E-state index in [-0.39, 0.29) is 18.6 Å². The van der Waals surface area contributed by atoms with Crippen LogP contribution in [0.15, 0.2) is 0 Å². The first-order valence-electron chi connectivity index (χ1n) is 6.82. The number of nitrogens with one attached hydrogen (secondary N) is 1. The number of carbonyl (C=O) groups excluding carboxylic acids is 1. The fourth-order valence-electron chi connectivity index (χ4n) is 3.46. The van der Waals surface area contributed by atoms with Gasteiger partial charge in [0.25, 0.3) is 0 Å². The molecule has 1 aliphatic carbocycles. The van der Waals surface area contributed by atoms with Gasteiger partial charge in [-0.2, -0.15) is 0 Å². The summed E-state index contributed by atoms with van der Waals surface area (Å²) in [7, 11) is 0. The summed E-state index contributed by atoms with van der Waals surface area (Å²) in [6.45, 7) is 4.10. The summed E-state index contributed by atoms with van der Waals surface area (Å²) in [4.78, 5) is 22.9. The number of carbonyl (C=O) groups is 2. The number of ether oxygens (including phenoxy) is 1. The summed E-state index contributed by atoms with van der Waals surface area (Å²) in [6.07, 6.45) is 0.0151. The molecule has 2 rings (SSSR count). The SMILES string of the molecule is CC1(C)C2OCCCC2C1(N)C(=O)NC[C@H](O)C(=O)O. The van der Waals surface area contributed by atoms with Crippen LogP contribution in [-0.4, -0.2) is 53.0 Å². The summed E-state index contributed by atoms with van der Waals surface area (Å²) in [5.74, 6) is -1.86. The van der Waals surface area contributed by atoms with E-state index in [4.69, 9.17) is 15.6 Å². The monoisotopic (exact) mass is 286 g/mol. The smallest absolute Gasteiger partial charge is 0.334 e. The number of aliphatic hydroxyl groups is 1. The number of hydrogen-bond acceptors (Lipinski definition) is 5. The number of nitrogens with two attached hydrogens (primary N) is 1. The van der Waals surface area contributed by atoms with Crippen molar-refractivity contribution in [2.45, 2.75) is 44.4 Å². The molecule has 2 aliphatic rings. The lowest BCUT2D eigenvalue weighted by Gasteiger charge is -2.65. The van der Waals surface area contributed by atoms with E-state index < -0.39 is 28.9 Å². The highest BCUT2D eigenvalue weighted by atomic mass is 16.5. The lowest BCUT2D eigenvalue weighted by atomic mass is 9.46. The second kappa shape index (κ2) is 4.98. The largest absolute Gasteiger partial charge is 0.479 e.